The fraction of sp³-hybridized carbons (Fsp3) is 0.444. The number of aromatic amines is 1. The molecule has 3 rings (SSSR count). The highest BCUT2D eigenvalue weighted by atomic mass is 35.5. The SMILES string of the molecule is NCCC(=O)NC1CCC(NC(=O)c2cc3cccc(Cl)c3[nH]2)CC1. The van der Waals surface area contributed by atoms with Crippen molar-refractivity contribution >= 4 is 34.3 Å². The highest BCUT2D eigenvalue weighted by Gasteiger charge is 2.24. The van der Waals surface area contributed by atoms with Crippen molar-refractivity contribution in [1.82, 2.24) is 15.6 Å². The Bertz CT molecular complexity index is 766. The van der Waals surface area contributed by atoms with E-state index in [-0.39, 0.29) is 23.9 Å². The predicted octanol–water partition coefficient (Wildman–Crippen LogP) is 2.33. The Morgan fingerprint density at radius 3 is 2.48 bits per heavy atom. The Morgan fingerprint density at radius 1 is 1.16 bits per heavy atom. The first kappa shape index (κ1) is 17.8. The molecule has 0 atom stereocenters. The predicted molar refractivity (Wildman–Crippen MR) is 98.6 cm³/mol. The molecule has 0 unspecified atom stereocenters. The number of carbonyl (C=O) groups is 2. The summed E-state index contributed by atoms with van der Waals surface area (Å²) < 4.78 is 0. The van der Waals surface area contributed by atoms with E-state index in [1.807, 2.05) is 18.2 Å². The van der Waals surface area contributed by atoms with Gasteiger partial charge >= 0.3 is 0 Å². The molecule has 7 heteroatoms. The van der Waals surface area contributed by atoms with Crippen molar-refractivity contribution in [2.75, 3.05) is 6.54 Å². The van der Waals surface area contributed by atoms with Crippen molar-refractivity contribution in [2.45, 2.75) is 44.2 Å². The summed E-state index contributed by atoms with van der Waals surface area (Å²) >= 11 is 6.14. The summed E-state index contributed by atoms with van der Waals surface area (Å²) in [5.74, 6) is -0.118. The van der Waals surface area contributed by atoms with Crippen molar-refractivity contribution < 1.29 is 9.59 Å². The van der Waals surface area contributed by atoms with E-state index < -0.39 is 0 Å². The number of nitrogens with two attached hydrogens (primary N) is 1. The fourth-order valence-corrected chi connectivity index (χ4v) is 3.55. The van der Waals surface area contributed by atoms with Crippen LogP contribution in [0.25, 0.3) is 10.9 Å². The number of aromatic nitrogens is 1. The molecule has 1 aliphatic carbocycles. The maximum absolute atomic E-state index is 12.5. The van der Waals surface area contributed by atoms with Gasteiger partial charge in [0.1, 0.15) is 5.69 Å². The van der Waals surface area contributed by atoms with Crippen LogP contribution in [0, 0.1) is 0 Å². The van der Waals surface area contributed by atoms with Gasteiger partial charge in [-0.1, -0.05) is 23.7 Å². The summed E-state index contributed by atoms with van der Waals surface area (Å²) in [5.41, 5.74) is 6.68. The lowest BCUT2D eigenvalue weighted by molar-refractivity contribution is -0.121. The average molecular weight is 363 g/mol. The molecule has 2 aromatic rings. The largest absolute Gasteiger partial charge is 0.353 e. The smallest absolute Gasteiger partial charge is 0.267 e. The van der Waals surface area contributed by atoms with Crippen LogP contribution in [0.2, 0.25) is 5.02 Å². The van der Waals surface area contributed by atoms with Gasteiger partial charge in [0.15, 0.2) is 0 Å². The number of nitrogens with one attached hydrogen (secondary N) is 3. The summed E-state index contributed by atoms with van der Waals surface area (Å²) in [6.07, 6.45) is 3.78. The summed E-state index contributed by atoms with van der Waals surface area (Å²) in [6, 6.07) is 7.69. The van der Waals surface area contributed by atoms with Gasteiger partial charge in [-0.15, -0.1) is 0 Å². The Hall–Kier alpha value is -2.05. The molecule has 2 amide bonds. The lowest BCUT2D eigenvalue weighted by atomic mass is 9.91. The van der Waals surface area contributed by atoms with Gasteiger partial charge in [0.05, 0.1) is 10.5 Å². The summed E-state index contributed by atoms with van der Waals surface area (Å²) in [6.45, 7) is 0.367. The van der Waals surface area contributed by atoms with Crippen LogP contribution in [0.1, 0.15) is 42.6 Å². The number of fused-ring (bicyclic) bond motifs is 1. The minimum absolute atomic E-state index is 0.00457. The Labute approximate surface area is 151 Å². The molecule has 5 N–H and O–H groups in total. The molecule has 1 aromatic carbocycles. The molecule has 25 heavy (non-hydrogen) atoms. The number of carbonyl (C=O) groups excluding carboxylic acids is 2. The number of halogens is 1. The third kappa shape index (κ3) is 4.32. The second-order valence-corrected chi connectivity index (χ2v) is 6.92. The zero-order valence-electron chi connectivity index (χ0n) is 14.0. The van der Waals surface area contributed by atoms with E-state index in [0.29, 0.717) is 23.7 Å². The van der Waals surface area contributed by atoms with Crippen LogP contribution < -0.4 is 16.4 Å². The fourth-order valence-electron chi connectivity index (χ4n) is 3.32. The normalized spacial score (nSPS) is 20.4. The van der Waals surface area contributed by atoms with Crippen molar-refractivity contribution in [1.29, 1.82) is 0 Å². The van der Waals surface area contributed by atoms with Gasteiger partial charge < -0.3 is 21.4 Å². The lowest BCUT2D eigenvalue weighted by Crippen LogP contribution is -2.44. The van der Waals surface area contributed by atoms with Crippen LogP contribution in [0.4, 0.5) is 0 Å². The maximum Gasteiger partial charge on any atom is 0.267 e. The van der Waals surface area contributed by atoms with Gasteiger partial charge in [0, 0.05) is 30.4 Å². The van der Waals surface area contributed by atoms with Crippen LogP contribution in [-0.4, -0.2) is 35.4 Å². The molecule has 1 heterocycles. The topological polar surface area (TPSA) is 100 Å². The van der Waals surface area contributed by atoms with Crippen molar-refractivity contribution in [3.05, 3.63) is 35.0 Å². The molecule has 0 spiro atoms. The standard InChI is InChI=1S/C18H23ClN4O2/c19-14-3-1-2-11-10-15(23-17(11)14)18(25)22-13-6-4-12(5-7-13)21-16(24)8-9-20/h1-3,10,12-13,23H,4-9,20H2,(H,21,24)(H,22,25). The van der Waals surface area contributed by atoms with Gasteiger partial charge in [0.25, 0.3) is 5.91 Å². The highest BCUT2D eigenvalue weighted by molar-refractivity contribution is 6.35. The molecule has 0 saturated heterocycles. The average Bonchev–Trinajstić information content (AvgIpc) is 3.03. The highest BCUT2D eigenvalue weighted by Crippen LogP contribution is 2.24. The van der Waals surface area contributed by atoms with Gasteiger partial charge in [-0.25, -0.2) is 0 Å². The van der Waals surface area contributed by atoms with Gasteiger partial charge in [-0.3, -0.25) is 9.59 Å². The Morgan fingerprint density at radius 2 is 1.84 bits per heavy atom. The molecule has 1 saturated carbocycles. The minimum atomic E-state index is -0.122. The molecule has 134 valence electrons. The van der Waals surface area contributed by atoms with Crippen LogP contribution in [-0.2, 0) is 4.79 Å². The Balaban J connectivity index is 1.53. The van der Waals surface area contributed by atoms with Crippen molar-refractivity contribution in [3.8, 4) is 0 Å². The van der Waals surface area contributed by atoms with E-state index in [9.17, 15) is 9.59 Å². The second-order valence-electron chi connectivity index (χ2n) is 6.52. The summed E-state index contributed by atoms with van der Waals surface area (Å²) in [7, 11) is 0. The lowest BCUT2D eigenvalue weighted by Gasteiger charge is -2.29. The zero-order valence-corrected chi connectivity index (χ0v) is 14.7. The molecular formula is C18H23ClN4O2. The number of rotatable bonds is 5. The van der Waals surface area contributed by atoms with Crippen LogP contribution in [0.3, 0.4) is 0 Å². The number of para-hydroxylation sites is 1. The van der Waals surface area contributed by atoms with E-state index in [1.165, 1.54) is 0 Å². The summed E-state index contributed by atoms with van der Waals surface area (Å²) in [4.78, 5) is 27.2. The molecule has 0 radical (unpaired) electrons. The van der Waals surface area contributed by atoms with Crippen LogP contribution in [0.5, 0.6) is 0 Å². The van der Waals surface area contributed by atoms with Crippen molar-refractivity contribution in [2.24, 2.45) is 5.73 Å². The molecule has 0 aliphatic heterocycles. The first-order valence-corrected chi connectivity index (χ1v) is 9.02. The number of amides is 2. The van der Waals surface area contributed by atoms with Crippen LogP contribution in [0.15, 0.2) is 24.3 Å². The molecule has 1 aromatic heterocycles. The van der Waals surface area contributed by atoms with E-state index in [0.717, 1.165) is 36.6 Å². The quantitative estimate of drug-likeness (QED) is 0.656. The number of benzene rings is 1. The third-order valence-electron chi connectivity index (χ3n) is 4.65. The third-order valence-corrected chi connectivity index (χ3v) is 4.96. The van der Waals surface area contributed by atoms with Gasteiger partial charge in [-0.2, -0.15) is 0 Å². The maximum atomic E-state index is 12.5. The first-order chi connectivity index (χ1) is 12.1. The molecule has 1 fully saturated rings. The zero-order chi connectivity index (χ0) is 17.8. The molecule has 0 bridgehead atoms. The van der Waals surface area contributed by atoms with E-state index in [1.54, 1.807) is 6.07 Å². The number of hydrogen-bond acceptors (Lipinski definition) is 3. The molecular weight excluding hydrogens is 340 g/mol. The monoisotopic (exact) mass is 362 g/mol. The van der Waals surface area contributed by atoms with Gasteiger partial charge in [0.2, 0.25) is 5.91 Å². The van der Waals surface area contributed by atoms with Crippen molar-refractivity contribution in [3.63, 3.8) is 0 Å². The molecule has 6 nitrogen and oxygen atoms in total. The Kier molecular flexibility index (Phi) is 5.60. The van der Waals surface area contributed by atoms with Gasteiger partial charge in [-0.05, 0) is 37.8 Å². The van der Waals surface area contributed by atoms with E-state index in [2.05, 4.69) is 15.6 Å². The summed E-state index contributed by atoms with van der Waals surface area (Å²) in [5, 5.41) is 7.59. The van der Waals surface area contributed by atoms with E-state index >= 15 is 0 Å². The minimum Gasteiger partial charge on any atom is -0.353 e. The molecule has 1 aliphatic rings. The number of H-pyrrole nitrogens is 1. The van der Waals surface area contributed by atoms with E-state index in [4.69, 9.17) is 17.3 Å². The second kappa shape index (κ2) is 7.89. The number of hydrogen-bond donors (Lipinski definition) is 4. The first-order valence-electron chi connectivity index (χ1n) is 8.64. The van der Waals surface area contributed by atoms with Crippen LogP contribution >= 0.6 is 11.6 Å².